The summed E-state index contributed by atoms with van der Waals surface area (Å²) in [6, 6.07) is 8.78. The Labute approximate surface area is 160 Å². The summed E-state index contributed by atoms with van der Waals surface area (Å²) in [5, 5.41) is 14.2. The first-order valence-corrected chi connectivity index (χ1v) is 8.69. The molecule has 2 N–H and O–H groups in total. The molecule has 0 saturated heterocycles. The molecule has 4 nitrogen and oxygen atoms in total. The Morgan fingerprint density at radius 1 is 1.32 bits per heavy atom. The number of phenols is 1. The molecule has 0 bridgehead atoms. The number of aromatic hydroxyl groups is 1. The summed E-state index contributed by atoms with van der Waals surface area (Å²) in [6.07, 6.45) is 1.40. The molecule has 7 heteroatoms. The first kappa shape index (κ1) is 17.5. The predicted molar refractivity (Wildman–Crippen MR) is 105 cm³/mol. The zero-order valence-electron chi connectivity index (χ0n) is 11.4. The van der Waals surface area contributed by atoms with Gasteiger partial charge in [0.25, 0.3) is 5.91 Å². The van der Waals surface area contributed by atoms with E-state index in [1.54, 1.807) is 24.3 Å². The predicted octanol–water partition coefficient (Wildman–Crippen LogP) is 4.33. The fourth-order valence-corrected chi connectivity index (χ4v) is 3.92. The first-order chi connectivity index (χ1) is 10.4. The van der Waals surface area contributed by atoms with E-state index >= 15 is 0 Å². The molecule has 0 aromatic heterocycles. The van der Waals surface area contributed by atoms with Gasteiger partial charge in [0.2, 0.25) is 0 Å². The lowest BCUT2D eigenvalue weighted by Gasteiger charge is -2.05. The van der Waals surface area contributed by atoms with Crippen LogP contribution >= 0.6 is 56.8 Å². The summed E-state index contributed by atoms with van der Waals surface area (Å²) in [5.41, 5.74) is 4.27. The third-order valence-electron chi connectivity index (χ3n) is 2.80. The largest absolute Gasteiger partial charge is 0.506 e. The molecule has 22 heavy (non-hydrogen) atoms. The molecule has 0 aliphatic rings. The molecule has 2 aromatic carbocycles. The highest BCUT2D eigenvalue weighted by atomic mass is 127. The zero-order valence-corrected chi connectivity index (χ0v) is 16.5. The number of aryl methyl sites for hydroxylation is 1. The van der Waals surface area contributed by atoms with Crippen LogP contribution in [0, 0.1) is 14.1 Å². The van der Waals surface area contributed by atoms with Gasteiger partial charge in [-0.15, -0.1) is 0 Å². The van der Waals surface area contributed by atoms with Crippen LogP contribution in [0.4, 0.5) is 0 Å². The number of nitrogens with zero attached hydrogens (tertiary/aromatic N) is 1. The van der Waals surface area contributed by atoms with Crippen molar-refractivity contribution in [3.8, 4) is 5.75 Å². The molecule has 0 radical (unpaired) electrons. The molecule has 0 atom stereocenters. The molecule has 0 aliphatic heterocycles. The number of nitrogens with one attached hydrogen (secondary N) is 1. The number of hydrazone groups is 1. The quantitative estimate of drug-likeness (QED) is 0.346. The number of rotatable bonds is 3. The SMILES string of the molecule is Cc1ccc(C(=O)NN=Cc2cc(I)cc(I)c2O)c(Cl)c1. The minimum Gasteiger partial charge on any atom is -0.506 e. The maximum absolute atomic E-state index is 12.0. The fourth-order valence-electron chi connectivity index (χ4n) is 1.71. The lowest BCUT2D eigenvalue weighted by atomic mass is 10.1. The van der Waals surface area contributed by atoms with Crippen molar-refractivity contribution in [3.63, 3.8) is 0 Å². The summed E-state index contributed by atoms with van der Waals surface area (Å²) in [5.74, 6) is -0.270. The van der Waals surface area contributed by atoms with Crippen LogP contribution in [0.5, 0.6) is 5.75 Å². The van der Waals surface area contributed by atoms with Gasteiger partial charge in [0.15, 0.2) is 0 Å². The molecule has 2 rings (SSSR count). The second kappa shape index (κ2) is 7.60. The normalized spacial score (nSPS) is 10.9. The van der Waals surface area contributed by atoms with Crippen LogP contribution < -0.4 is 5.43 Å². The number of amides is 1. The van der Waals surface area contributed by atoms with Gasteiger partial charge in [-0.25, -0.2) is 5.43 Å². The Kier molecular flexibility index (Phi) is 6.04. The fraction of sp³-hybridized carbons (Fsp3) is 0.0667. The van der Waals surface area contributed by atoms with Crippen molar-refractivity contribution in [2.75, 3.05) is 0 Å². The van der Waals surface area contributed by atoms with Gasteiger partial charge in [-0.05, 0) is 81.9 Å². The second-order valence-corrected chi connectivity index (χ2v) is 7.32. The van der Waals surface area contributed by atoms with E-state index in [0.717, 1.165) is 12.7 Å². The molecule has 0 saturated carbocycles. The van der Waals surface area contributed by atoms with Gasteiger partial charge in [-0.1, -0.05) is 17.7 Å². The van der Waals surface area contributed by atoms with E-state index in [4.69, 9.17) is 11.6 Å². The van der Waals surface area contributed by atoms with Gasteiger partial charge < -0.3 is 5.11 Å². The molecule has 0 spiro atoms. The smallest absolute Gasteiger partial charge is 0.272 e. The average molecular weight is 541 g/mol. The van der Waals surface area contributed by atoms with Crippen LogP contribution in [0.25, 0.3) is 0 Å². The molecule has 0 aliphatic carbocycles. The number of halogens is 3. The molecule has 0 heterocycles. The van der Waals surface area contributed by atoms with Crippen molar-refractivity contribution in [2.24, 2.45) is 5.10 Å². The molecule has 0 fully saturated rings. The molecule has 1 amide bonds. The Balaban J connectivity index is 2.14. The van der Waals surface area contributed by atoms with Crippen LogP contribution in [0.3, 0.4) is 0 Å². The van der Waals surface area contributed by atoms with Crippen molar-refractivity contribution >= 4 is 68.9 Å². The van der Waals surface area contributed by atoms with Crippen LogP contribution in [-0.2, 0) is 0 Å². The van der Waals surface area contributed by atoms with Crippen molar-refractivity contribution in [1.29, 1.82) is 0 Å². The van der Waals surface area contributed by atoms with Gasteiger partial charge in [0.05, 0.1) is 20.4 Å². The summed E-state index contributed by atoms with van der Waals surface area (Å²) < 4.78 is 1.69. The lowest BCUT2D eigenvalue weighted by Crippen LogP contribution is -2.18. The van der Waals surface area contributed by atoms with Crippen molar-refractivity contribution in [2.45, 2.75) is 6.92 Å². The molecular weight excluding hydrogens is 529 g/mol. The zero-order chi connectivity index (χ0) is 16.3. The highest BCUT2D eigenvalue weighted by Crippen LogP contribution is 2.25. The van der Waals surface area contributed by atoms with E-state index in [1.165, 1.54) is 6.21 Å². The monoisotopic (exact) mass is 540 g/mol. The topological polar surface area (TPSA) is 61.7 Å². The Morgan fingerprint density at radius 2 is 2.05 bits per heavy atom. The Morgan fingerprint density at radius 3 is 2.73 bits per heavy atom. The molecule has 114 valence electrons. The Hall–Kier alpha value is -0.870. The van der Waals surface area contributed by atoms with Gasteiger partial charge in [0.1, 0.15) is 5.75 Å². The van der Waals surface area contributed by atoms with E-state index in [1.807, 2.05) is 35.6 Å². The first-order valence-electron chi connectivity index (χ1n) is 6.16. The maximum Gasteiger partial charge on any atom is 0.272 e. The second-order valence-electron chi connectivity index (χ2n) is 4.51. The number of phenolic OH excluding ortho intramolecular Hbond substituents is 1. The number of hydrogen-bond donors (Lipinski definition) is 2. The van der Waals surface area contributed by atoms with E-state index < -0.39 is 5.91 Å². The number of benzene rings is 2. The lowest BCUT2D eigenvalue weighted by molar-refractivity contribution is 0.0955. The molecule has 0 unspecified atom stereocenters. The minimum absolute atomic E-state index is 0.132. The van der Waals surface area contributed by atoms with E-state index in [-0.39, 0.29) is 5.75 Å². The van der Waals surface area contributed by atoms with E-state index in [2.05, 4.69) is 33.1 Å². The third-order valence-corrected chi connectivity index (χ3v) is 4.55. The van der Waals surface area contributed by atoms with Gasteiger partial charge >= 0.3 is 0 Å². The standard InChI is InChI=1S/C15H11ClI2N2O2/c1-8-2-3-11(12(16)4-8)15(22)20-19-7-9-5-10(17)6-13(18)14(9)21/h2-7,21H,1H3,(H,20,22). The third kappa shape index (κ3) is 4.32. The minimum atomic E-state index is -0.402. The Bertz CT molecular complexity index is 763. The van der Waals surface area contributed by atoms with E-state index in [9.17, 15) is 9.90 Å². The van der Waals surface area contributed by atoms with Crippen molar-refractivity contribution in [3.05, 3.63) is 59.2 Å². The van der Waals surface area contributed by atoms with E-state index in [0.29, 0.717) is 16.1 Å². The molecular formula is C15H11ClI2N2O2. The van der Waals surface area contributed by atoms with Gasteiger partial charge in [0, 0.05) is 9.13 Å². The average Bonchev–Trinajstić information content (AvgIpc) is 2.43. The van der Waals surface area contributed by atoms with Gasteiger partial charge in [-0.2, -0.15) is 5.10 Å². The van der Waals surface area contributed by atoms with Crippen molar-refractivity contribution in [1.82, 2.24) is 5.43 Å². The highest BCUT2D eigenvalue weighted by Gasteiger charge is 2.09. The van der Waals surface area contributed by atoms with Crippen LogP contribution in [-0.4, -0.2) is 17.2 Å². The van der Waals surface area contributed by atoms with Crippen molar-refractivity contribution < 1.29 is 9.90 Å². The summed E-state index contributed by atoms with van der Waals surface area (Å²) >= 11 is 10.2. The summed E-state index contributed by atoms with van der Waals surface area (Å²) in [4.78, 5) is 12.0. The number of carbonyl (C=O) groups is 1. The number of carbonyl (C=O) groups excluding carboxylic acids is 1. The summed E-state index contributed by atoms with van der Waals surface area (Å²) in [7, 11) is 0. The molecule has 2 aromatic rings. The highest BCUT2D eigenvalue weighted by molar-refractivity contribution is 14.1. The summed E-state index contributed by atoms with van der Waals surface area (Å²) in [6.45, 7) is 1.90. The maximum atomic E-state index is 12.0. The number of hydrogen-bond acceptors (Lipinski definition) is 3. The van der Waals surface area contributed by atoms with Gasteiger partial charge in [-0.3, -0.25) is 4.79 Å². The van der Waals surface area contributed by atoms with Crippen LogP contribution in [0.15, 0.2) is 35.4 Å². The van der Waals surface area contributed by atoms with Crippen LogP contribution in [0.1, 0.15) is 21.5 Å². The van der Waals surface area contributed by atoms with Crippen LogP contribution in [0.2, 0.25) is 5.02 Å².